The van der Waals surface area contributed by atoms with E-state index in [0.29, 0.717) is 5.69 Å². The fourth-order valence-corrected chi connectivity index (χ4v) is 2.58. The molecule has 5 nitrogen and oxygen atoms in total. The van der Waals surface area contributed by atoms with E-state index in [1.807, 2.05) is 0 Å². The predicted molar refractivity (Wildman–Crippen MR) is 70.8 cm³/mol. The van der Waals surface area contributed by atoms with Crippen LogP contribution in [0.4, 0.5) is 0 Å². The topological polar surface area (TPSA) is 67.8 Å². The standard InChI is InChI=1S/C11H6ClN3O2S/c12-9-4-10(16)15(11(17)14-9)6-1-2-7-8(3-6)18-5-13-7/h1-5H,(H,14,17). The lowest BCUT2D eigenvalue weighted by Crippen LogP contribution is -2.32. The molecule has 90 valence electrons. The van der Waals surface area contributed by atoms with Crippen molar-refractivity contribution < 1.29 is 0 Å². The van der Waals surface area contributed by atoms with Gasteiger partial charge in [0.05, 0.1) is 21.4 Å². The second kappa shape index (κ2) is 4.08. The van der Waals surface area contributed by atoms with Crippen molar-refractivity contribution in [2.75, 3.05) is 0 Å². The minimum atomic E-state index is -0.559. The Labute approximate surface area is 109 Å². The fourth-order valence-electron chi connectivity index (χ4n) is 1.69. The molecule has 0 aliphatic heterocycles. The van der Waals surface area contributed by atoms with E-state index < -0.39 is 11.2 Å². The van der Waals surface area contributed by atoms with Crippen LogP contribution in [0, 0.1) is 0 Å². The molecule has 2 aromatic heterocycles. The SMILES string of the molecule is O=c1cc(Cl)[nH]c(=O)n1-c1ccc2ncsc2c1. The monoisotopic (exact) mass is 279 g/mol. The molecule has 0 aliphatic rings. The summed E-state index contributed by atoms with van der Waals surface area (Å²) in [4.78, 5) is 30.0. The second-order valence-electron chi connectivity index (χ2n) is 3.60. The molecule has 1 aromatic carbocycles. The summed E-state index contributed by atoms with van der Waals surface area (Å²) in [5.74, 6) is 0. The number of halogens is 1. The van der Waals surface area contributed by atoms with Crippen LogP contribution >= 0.6 is 22.9 Å². The van der Waals surface area contributed by atoms with E-state index in [1.54, 1.807) is 23.7 Å². The van der Waals surface area contributed by atoms with Crippen molar-refractivity contribution in [2.24, 2.45) is 0 Å². The molecule has 0 saturated heterocycles. The lowest BCUT2D eigenvalue weighted by atomic mass is 10.3. The number of rotatable bonds is 1. The van der Waals surface area contributed by atoms with Crippen molar-refractivity contribution in [1.29, 1.82) is 0 Å². The zero-order valence-corrected chi connectivity index (χ0v) is 10.5. The van der Waals surface area contributed by atoms with Crippen LogP contribution in [0.1, 0.15) is 0 Å². The zero-order valence-electron chi connectivity index (χ0n) is 8.88. The van der Waals surface area contributed by atoms with Gasteiger partial charge in [-0.1, -0.05) is 11.6 Å². The Bertz CT molecular complexity index is 818. The Kier molecular flexibility index (Phi) is 2.53. The Morgan fingerprint density at radius 1 is 1.28 bits per heavy atom. The average molecular weight is 280 g/mol. The van der Waals surface area contributed by atoms with Crippen molar-refractivity contribution in [3.05, 3.63) is 55.8 Å². The van der Waals surface area contributed by atoms with Crippen LogP contribution in [0.2, 0.25) is 5.15 Å². The summed E-state index contributed by atoms with van der Waals surface area (Å²) in [6.07, 6.45) is 0. The molecule has 0 aliphatic carbocycles. The third kappa shape index (κ3) is 1.75. The van der Waals surface area contributed by atoms with Gasteiger partial charge in [-0.05, 0) is 18.2 Å². The summed E-state index contributed by atoms with van der Waals surface area (Å²) < 4.78 is 1.94. The highest BCUT2D eigenvalue weighted by Gasteiger charge is 2.07. The first-order chi connectivity index (χ1) is 8.65. The van der Waals surface area contributed by atoms with Crippen LogP contribution < -0.4 is 11.2 Å². The number of thiazole rings is 1. The van der Waals surface area contributed by atoms with Gasteiger partial charge in [-0.15, -0.1) is 11.3 Å². The number of nitrogens with zero attached hydrogens (tertiary/aromatic N) is 2. The van der Waals surface area contributed by atoms with Gasteiger partial charge >= 0.3 is 5.69 Å². The van der Waals surface area contributed by atoms with Gasteiger partial charge in [-0.3, -0.25) is 9.78 Å². The predicted octanol–water partition coefficient (Wildman–Crippen LogP) is 1.79. The van der Waals surface area contributed by atoms with E-state index in [-0.39, 0.29) is 5.15 Å². The van der Waals surface area contributed by atoms with E-state index in [2.05, 4.69) is 9.97 Å². The van der Waals surface area contributed by atoms with E-state index in [0.717, 1.165) is 14.8 Å². The highest BCUT2D eigenvalue weighted by Crippen LogP contribution is 2.19. The Hall–Kier alpha value is -1.92. The highest BCUT2D eigenvalue weighted by atomic mass is 35.5. The van der Waals surface area contributed by atoms with Crippen molar-refractivity contribution in [1.82, 2.24) is 14.5 Å². The van der Waals surface area contributed by atoms with E-state index in [4.69, 9.17) is 11.6 Å². The molecular formula is C11H6ClN3O2S. The number of benzene rings is 1. The van der Waals surface area contributed by atoms with Crippen LogP contribution in [-0.2, 0) is 0 Å². The van der Waals surface area contributed by atoms with Crippen molar-refractivity contribution in [2.45, 2.75) is 0 Å². The molecule has 0 bridgehead atoms. The summed E-state index contributed by atoms with van der Waals surface area (Å²) in [6.45, 7) is 0. The molecule has 0 fully saturated rings. The maximum absolute atomic E-state index is 11.8. The average Bonchev–Trinajstić information content (AvgIpc) is 2.74. The molecule has 3 rings (SSSR count). The first kappa shape index (κ1) is 11.2. The van der Waals surface area contributed by atoms with Gasteiger partial charge in [-0.25, -0.2) is 14.3 Å². The lowest BCUT2D eigenvalue weighted by Gasteiger charge is -2.03. The molecule has 18 heavy (non-hydrogen) atoms. The molecule has 1 N–H and O–H groups in total. The molecule has 0 saturated carbocycles. The lowest BCUT2D eigenvalue weighted by molar-refractivity contribution is 0.877. The Balaban J connectivity index is 2.32. The number of hydrogen-bond donors (Lipinski definition) is 1. The molecule has 0 amide bonds. The maximum Gasteiger partial charge on any atom is 0.334 e. The minimum Gasteiger partial charge on any atom is -0.297 e. The number of H-pyrrole nitrogens is 1. The molecule has 0 spiro atoms. The van der Waals surface area contributed by atoms with Gasteiger partial charge in [0.25, 0.3) is 5.56 Å². The molecule has 3 aromatic rings. The third-order valence-corrected chi connectivity index (χ3v) is 3.47. The van der Waals surface area contributed by atoms with E-state index in [9.17, 15) is 9.59 Å². The molecule has 0 unspecified atom stereocenters. The first-order valence-electron chi connectivity index (χ1n) is 5.01. The summed E-state index contributed by atoms with van der Waals surface area (Å²) in [6, 6.07) is 6.35. The third-order valence-electron chi connectivity index (χ3n) is 2.47. The van der Waals surface area contributed by atoms with Gasteiger partial charge in [0.1, 0.15) is 5.15 Å². The number of aromatic nitrogens is 3. The largest absolute Gasteiger partial charge is 0.334 e. The van der Waals surface area contributed by atoms with Crippen molar-refractivity contribution in [3.8, 4) is 5.69 Å². The minimum absolute atomic E-state index is 0.0279. The molecular weight excluding hydrogens is 274 g/mol. The molecule has 7 heteroatoms. The van der Waals surface area contributed by atoms with Gasteiger partial charge in [0.15, 0.2) is 0 Å². The van der Waals surface area contributed by atoms with Gasteiger partial charge in [-0.2, -0.15) is 0 Å². The van der Waals surface area contributed by atoms with Gasteiger partial charge in [0, 0.05) is 6.07 Å². The summed E-state index contributed by atoms with van der Waals surface area (Å²) in [5, 5.41) is 0.0279. The van der Waals surface area contributed by atoms with Gasteiger partial charge < -0.3 is 0 Å². The fraction of sp³-hybridized carbons (Fsp3) is 0. The van der Waals surface area contributed by atoms with Crippen LogP contribution in [0.25, 0.3) is 15.9 Å². The van der Waals surface area contributed by atoms with Crippen LogP contribution in [-0.4, -0.2) is 14.5 Å². The number of fused-ring (bicyclic) bond motifs is 1. The van der Waals surface area contributed by atoms with E-state index in [1.165, 1.54) is 17.4 Å². The molecule has 2 heterocycles. The van der Waals surface area contributed by atoms with Gasteiger partial charge in [0.2, 0.25) is 0 Å². The summed E-state index contributed by atoms with van der Waals surface area (Å²) in [7, 11) is 0. The van der Waals surface area contributed by atoms with Crippen LogP contribution in [0.15, 0.2) is 39.4 Å². The quantitative estimate of drug-likeness (QED) is 0.691. The molecule has 0 atom stereocenters. The highest BCUT2D eigenvalue weighted by molar-refractivity contribution is 7.16. The Morgan fingerprint density at radius 2 is 2.11 bits per heavy atom. The van der Waals surface area contributed by atoms with Crippen molar-refractivity contribution in [3.63, 3.8) is 0 Å². The maximum atomic E-state index is 11.8. The summed E-state index contributed by atoms with van der Waals surface area (Å²) in [5.41, 5.74) is 2.02. The zero-order chi connectivity index (χ0) is 12.7. The van der Waals surface area contributed by atoms with Crippen molar-refractivity contribution >= 4 is 33.2 Å². The van der Waals surface area contributed by atoms with Crippen LogP contribution in [0.5, 0.6) is 0 Å². The first-order valence-corrected chi connectivity index (χ1v) is 6.26. The number of hydrogen-bond acceptors (Lipinski definition) is 4. The van der Waals surface area contributed by atoms with E-state index >= 15 is 0 Å². The Morgan fingerprint density at radius 3 is 2.89 bits per heavy atom. The normalized spacial score (nSPS) is 10.9. The number of aromatic amines is 1. The number of nitrogens with one attached hydrogen (secondary N) is 1. The smallest absolute Gasteiger partial charge is 0.297 e. The second-order valence-corrected chi connectivity index (χ2v) is 4.89. The summed E-state index contributed by atoms with van der Waals surface area (Å²) >= 11 is 7.06. The van der Waals surface area contributed by atoms with Crippen LogP contribution in [0.3, 0.4) is 0 Å². The molecule has 0 radical (unpaired) electrons.